The first-order chi connectivity index (χ1) is 12.7. The van der Waals surface area contributed by atoms with Gasteiger partial charge < -0.3 is 15.0 Å². The van der Waals surface area contributed by atoms with Crippen LogP contribution >= 0.6 is 0 Å². The van der Waals surface area contributed by atoms with Gasteiger partial charge in [-0.2, -0.15) is 13.2 Å². The molecular weight excluding hydrogens is 357 g/mol. The van der Waals surface area contributed by atoms with Crippen molar-refractivity contribution in [1.29, 1.82) is 0 Å². The Morgan fingerprint density at radius 3 is 2.33 bits per heavy atom. The van der Waals surface area contributed by atoms with E-state index in [1.165, 1.54) is 23.6 Å². The van der Waals surface area contributed by atoms with E-state index < -0.39 is 17.7 Å². The number of H-pyrrole nitrogens is 1. The Morgan fingerprint density at radius 2 is 1.78 bits per heavy atom. The summed E-state index contributed by atoms with van der Waals surface area (Å²) in [6.07, 6.45) is -4.38. The number of aromatic amines is 1. The molecule has 3 aromatic rings. The van der Waals surface area contributed by atoms with Gasteiger partial charge in [0.05, 0.1) is 18.2 Å². The van der Waals surface area contributed by atoms with Crippen LogP contribution in [0.1, 0.15) is 28.4 Å². The molecule has 3 rings (SSSR count). The average Bonchev–Trinajstić information content (AvgIpc) is 3.03. The number of halogens is 3. The summed E-state index contributed by atoms with van der Waals surface area (Å²) in [7, 11) is 1.17. The Kier molecular flexibility index (Phi) is 6.50. The number of methoxy groups -OCH3 is 1. The van der Waals surface area contributed by atoms with Gasteiger partial charge in [-0.25, -0.2) is 4.79 Å². The van der Waals surface area contributed by atoms with E-state index in [2.05, 4.69) is 53.2 Å². The molecule has 1 aromatic heterocycles. The van der Waals surface area contributed by atoms with Crippen molar-refractivity contribution >= 4 is 22.7 Å². The minimum absolute atomic E-state index is 0.0977. The van der Waals surface area contributed by atoms with Crippen LogP contribution in [0.25, 0.3) is 10.9 Å². The van der Waals surface area contributed by atoms with E-state index in [1.54, 1.807) is 0 Å². The lowest BCUT2D eigenvalue weighted by atomic mass is 10.1. The fourth-order valence-electron chi connectivity index (χ4n) is 2.45. The van der Waals surface area contributed by atoms with E-state index in [1.807, 2.05) is 0 Å². The number of hydrogen-bond donors (Lipinski definition) is 2. The number of rotatable bonds is 3. The molecule has 0 atom stereocenters. The van der Waals surface area contributed by atoms with Crippen LogP contribution in [0, 0.1) is 6.92 Å². The van der Waals surface area contributed by atoms with Gasteiger partial charge in [-0.1, -0.05) is 11.6 Å². The topological polar surface area (TPSA) is 54.1 Å². The van der Waals surface area contributed by atoms with Crippen molar-refractivity contribution in [3.63, 3.8) is 0 Å². The van der Waals surface area contributed by atoms with Gasteiger partial charge in [0, 0.05) is 17.4 Å². The number of aromatic nitrogens is 1. The molecule has 0 fully saturated rings. The lowest BCUT2D eigenvalue weighted by Gasteiger charge is -2.06. The standard InChI is InChI=1S/C11H14N2.C9H7F3O2/c1-3-12-11-7-9-6-8(2)4-5-10(9)13-11;1-14-8(13)6-2-4-7(5-3-6)9(10,11)12/h4-7,12-13H,3H2,1-2H3;2-5H,1H3. The first kappa shape index (κ1) is 20.4. The van der Waals surface area contributed by atoms with Gasteiger partial charge >= 0.3 is 12.1 Å². The number of anilines is 1. The summed E-state index contributed by atoms with van der Waals surface area (Å²) in [4.78, 5) is 14.2. The van der Waals surface area contributed by atoms with Crippen molar-refractivity contribution in [3.05, 3.63) is 65.2 Å². The Balaban J connectivity index is 0.000000194. The van der Waals surface area contributed by atoms with E-state index in [0.29, 0.717) is 0 Å². The van der Waals surface area contributed by atoms with E-state index in [-0.39, 0.29) is 5.56 Å². The van der Waals surface area contributed by atoms with Crippen LogP contribution in [-0.4, -0.2) is 24.6 Å². The quantitative estimate of drug-likeness (QED) is 0.600. The van der Waals surface area contributed by atoms with Gasteiger partial charge in [-0.15, -0.1) is 0 Å². The highest BCUT2D eigenvalue weighted by Gasteiger charge is 2.30. The Hall–Kier alpha value is -2.96. The molecule has 0 saturated heterocycles. The number of ether oxygens (including phenoxy) is 1. The van der Waals surface area contributed by atoms with Gasteiger partial charge in [-0.3, -0.25) is 0 Å². The highest BCUT2D eigenvalue weighted by molar-refractivity contribution is 5.89. The Labute approximate surface area is 155 Å². The van der Waals surface area contributed by atoms with Gasteiger partial charge in [0.25, 0.3) is 0 Å². The smallest absolute Gasteiger partial charge is 0.416 e. The highest BCUT2D eigenvalue weighted by atomic mass is 19.4. The molecule has 0 aliphatic rings. The molecule has 144 valence electrons. The molecule has 0 spiro atoms. The number of esters is 1. The molecule has 7 heteroatoms. The zero-order chi connectivity index (χ0) is 20.0. The molecule has 0 amide bonds. The molecular formula is C20H21F3N2O2. The van der Waals surface area contributed by atoms with Crippen molar-refractivity contribution in [2.24, 2.45) is 0 Å². The molecule has 2 N–H and O–H groups in total. The molecule has 4 nitrogen and oxygen atoms in total. The third-order valence-corrected chi connectivity index (χ3v) is 3.78. The molecule has 0 aliphatic carbocycles. The Morgan fingerprint density at radius 1 is 1.11 bits per heavy atom. The van der Waals surface area contributed by atoms with Gasteiger partial charge in [0.15, 0.2) is 0 Å². The first-order valence-corrected chi connectivity index (χ1v) is 8.33. The number of alkyl halides is 3. The maximum Gasteiger partial charge on any atom is 0.416 e. The molecule has 1 heterocycles. The molecule has 0 saturated carbocycles. The average molecular weight is 378 g/mol. The Bertz CT molecular complexity index is 900. The number of benzene rings is 2. The summed E-state index contributed by atoms with van der Waals surface area (Å²) in [6.45, 7) is 5.15. The van der Waals surface area contributed by atoms with E-state index >= 15 is 0 Å². The molecule has 0 aliphatic heterocycles. The van der Waals surface area contributed by atoms with E-state index in [0.717, 1.165) is 36.6 Å². The zero-order valence-corrected chi connectivity index (χ0v) is 15.3. The van der Waals surface area contributed by atoms with Crippen molar-refractivity contribution in [2.45, 2.75) is 20.0 Å². The number of carbonyl (C=O) groups is 1. The lowest BCUT2D eigenvalue weighted by molar-refractivity contribution is -0.137. The number of nitrogens with one attached hydrogen (secondary N) is 2. The minimum atomic E-state index is -4.38. The second kappa shape index (κ2) is 8.62. The maximum absolute atomic E-state index is 12.1. The molecule has 2 aromatic carbocycles. The van der Waals surface area contributed by atoms with Crippen LogP contribution in [0.3, 0.4) is 0 Å². The van der Waals surface area contributed by atoms with Gasteiger partial charge in [0.2, 0.25) is 0 Å². The second-order valence-corrected chi connectivity index (χ2v) is 5.87. The molecule has 27 heavy (non-hydrogen) atoms. The van der Waals surface area contributed by atoms with Crippen LogP contribution in [0.15, 0.2) is 48.5 Å². The normalized spacial score (nSPS) is 10.9. The van der Waals surface area contributed by atoms with Crippen LogP contribution < -0.4 is 5.32 Å². The number of hydrogen-bond acceptors (Lipinski definition) is 3. The molecule has 0 unspecified atom stereocenters. The lowest BCUT2D eigenvalue weighted by Crippen LogP contribution is -2.06. The van der Waals surface area contributed by atoms with Crippen molar-refractivity contribution in [2.75, 3.05) is 19.0 Å². The minimum Gasteiger partial charge on any atom is -0.465 e. The summed E-state index contributed by atoms with van der Waals surface area (Å²) in [6, 6.07) is 12.4. The fourth-order valence-corrected chi connectivity index (χ4v) is 2.45. The van der Waals surface area contributed by atoms with Crippen molar-refractivity contribution in [1.82, 2.24) is 4.98 Å². The monoisotopic (exact) mass is 378 g/mol. The van der Waals surface area contributed by atoms with Crippen LogP contribution in [0.2, 0.25) is 0 Å². The predicted molar refractivity (Wildman–Crippen MR) is 100.0 cm³/mol. The van der Waals surface area contributed by atoms with Crippen LogP contribution in [0.5, 0.6) is 0 Å². The SMILES string of the molecule is CCNc1cc2cc(C)ccc2[nH]1.COC(=O)c1ccc(C(F)(F)F)cc1. The largest absolute Gasteiger partial charge is 0.465 e. The summed E-state index contributed by atoms with van der Waals surface area (Å²) in [5.74, 6) is 0.446. The summed E-state index contributed by atoms with van der Waals surface area (Å²) in [5, 5.41) is 4.53. The maximum atomic E-state index is 12.1. The predicted octanol–water partition coefficient (Wildman–Crippen LogP) is 5.40. The van der Waals surface area contributed by atoms with E-state index in [9.17, 15) is 18.0 Å². The fraction of sp³-hybridized carbons (Fsp3) is 0.250. The van der Waals surface area contributed by atoms with Crippen LogP contribution in [0.4, 0.5) is 19.0 Å². The summed E-state index contributed by atoms with van der Waals surface area (Å²) in [5.41, 5.74) is 1.81. The number of carbonyl (C=O) groups excluding carboxylic acids is 1. The third kappa shape index (κ3) is 5.51. The summed E-state index contributed by atoms with van der Waals surface area (Å²) < 4.78 is 40.6. The van der Waals surface area contributed by atoms with Gasteiger partial charge in [-0.05, 0) is 56.3 Å². The first-order valence-electron chi connectivity index (χ1n) is 8.33. The van der Waals surface area contributed by atoms with Gasteiger partial charge in [0.1, 0.15) is 5.82 Å². The molecule has 0 radical (unpaired) electrons. The summed E-state index contributed by atoms with van der Waals surface area (Å²) >= 11 is 0. The number of aryl methyl sites for hydroxylation is 1. The van der Waals surface area contributed by atoms with Crippen molar-refractivity contribution < 1.29 is 22.7 Å². The van der Waals surface area contributed by atoms with Crippen molar-refractivity contribution in [3.8, 4) is 0 Å². The zero-order valence-electron chi connectivity index (χ0n) is 15.3. The molecule has 0 bridgehead atoms. The van der Waals surface area contributed by atoms with Crippen LogP contribution in [-0.2, 0) is 10.9 Å². The second-order valence-electron chi connectivity index (χ2n) is 5.87. The highest BCUT2D eigenvalue weighted by Crippen LogP contribution is 2.29. The van der Waals surface area contributed by atoms with E-state index in [4.69, 9.17) is 0 Å². The number of fused-ring (bicyclic) bond motifs is 1. The third-order valence-electron chi connectivity index (χ3n) is 3.78.